The molecule has 0 amide bonds. The lowest BCUT2D eigenvalue weighted by atomic mass is 10.1. The lowest BCUT2D eigenvalue weighted by Gasteiger charge is -2.14. The summed E-state index contributed by atoms with van der Waals surface area (Å²) in [5.41, 5.74) is -0.767. The molecular formula is C18H20N4O5. The van der Waals surface area contributed by atoms with Gasteiger partial charge < -0.3 is 14.5 Å². The van der Waals surface area contributed by atoms with Gasteiger partial charge in [0.25, 0.3) is 5.56 Å². The lowest BCUT2D eigenvalue weighted by Crippen LogP contribution is -2.41. The fourth-order valence-corrected chi connectivity index (χ4v) is 3.09. The number of rotatable bonds is 5. The van der Waals surface area contributed by atoms with E-state index in [0.717, 1.165) is 4.57 Å². The van der Waals surface area contributed by atoms with Crippen LogP contribution in [0.5, 0.6) is 11.5 Å². The summed E-state index contributed by atoms with van der Waals surface area (Å²) in [4.78, 5) is 44.2. The molecule has 0 aliphatic carbocycles. The van der Waals surface area contributed by atoms with Crippen molar-refractivity contribution in [1.82, 2.24) is 19.1 Å². The van der Waals surface area contributed by atoms with Gasteiger partial charge in [0.05, 0.1) is 19.9 Å². The number of hydrogen-bond donors (Lipinski definition) is 1. The summed E-state index contributed by atoms with van der Waals surface area (Å²) in [7, 11) is 3.01. The largest absolute Gasteiger partial charge is 0.493 e. The fourth-order valence-electron chi connectivity index (χ4n) is 3.09. The van der Waals surface area contributed by atoms with E-state index in [0.29, 0.717) is 17.1 Å². The molecule has 2 aromatic heterocycles. The number of nitrogens with one attached hydrogen (secondary N) is 1. The minimum absolute atomic E-state index is 0.0609. The third-order valence-corrected chi connectivity index (χ3v) is 4.39. The number of aromatic nitrogens is 4. The molecule has 3 rings (SSSR count). The van der Waals surface area contributed by atoms with Crippen molar-refractivity contribution in [2.24, 2.45) is 0 Å². The Morgan fingerprint density at radius 2 is 1.67 bits per heavy atom. The molecule has 0 saturated heterocycles. The average Bonchev–Trinajstić information content (AvgIpc) is 2.67. The number of ether oxygens (including phenoxy) is 2. The van der Waals surface area contributed by atoms with Crippen molar-refractivity contribution in [3.63, 3.8) is 0 Å². The Balaban J connectivity index is 2.50. The van der Waals surface area contributed by atoms with Crippen LogP contribution in [0.2, 0.25) is 0 Å². The first kappa shape index (κ1) is 18.4. The van der Waals surface area contributed by atoms with Crippen molar-refractivity contribution >= 4 is 11.0 Å². The highest BCUT2D eigenvalue weighted by Gasteiger charge is 2.19. The van der Waals surface area contributed by atoms with Gasteiger partial charge in [-0.3, -0.25) is 13.9 Å². The standard InChI is InChI=1S/C18H20N4O5/c1-5-21-15-13(16(23)22(6-2)18(21)25)14(19-17(24)20-15)10-7-8-11(26-3)12(9-10)27-4/h7-9H,5-6H2,1-4H3,(H,19,20,24). The first-order chi connectivity index (χ1) is 13.0. The van der Waals surface area contributed by atoms with Crippen molar-refractivity contribution in [2.45, 2.75) is 26.9 Å². The predicted octanol–water partition coefficient (Wildman–Crippen LogP) is 0.970. The fraction of sp³-hybridized carbons (Fsp3) is 0.333. The Morgan fingerprint density at radius 1 is 1.00 bits per heavy atom. The van der Waals surface area contributed by atoms with Crippen molar-refractivity contribution in [1.29, 1.82) is 0 Å². The van der Waals surface area contributed by atoms with Crippen LogP contribution in [0.15, 0.2) is 32.6 Å². The van der Waals surface area contributed by atoms with Crippen LogP contribution < -0.4 is 26.4 Å². The molecule has 3 aromatic rings. The van der Waals surface area contributed by atoms with Gasteiger partial charge in [0.2, 0.25) is 0 Å². The van der Waals surface area contributed by atoms with Gasteiger partial charge in [-0.25, -0.2) is 9.59 Å². The summed E-state index contributed by atoms with van der Waals surface area (Å²) in [6.07, 6.45) is 0. The quantitative estimate of drug-likeness (QED) is 0.715. The van der Waals surface area contributed by atoms with Gasteiger partial charge in [-0.2, -0.15) is 4.98 Å². The predicted molar refractivity (Wildman–Crippen MR) is 101 cm³/mol. The molecule has 0 radical (unpaired) electrons. The molecule has 9 heteroatoms. The minimum Gasteiger partial charge on any atom is -0.493 e. The highest BCUT2D eigenvalue weighted by molar-refractivity contribution is 5.90. The van der Waals surface area contributed by atoms with E-state index in [1.807, 2.05) is 0 Å². The highest BCUT2D eigenvalue weighted by atomic mass is 16.5. The van der Waals surface area contributed by atoms with Crippen LogP contribution in [0.25, 0.3) is 22.3 Å². The molecule has 1 N–H and O–H groups in total. The first-order valence-corrected chi connectivity index (χ1v) is 8.46. The molecule has 0 aliphatic rings. The highest BCUT2D eigenvalue weighted by Crippen LogP contribution is 2.32. The molecule has 0 saturated carbocycles. The molecule has 0 aliphatic heterocycles. The number of methoxy groups -OCH3 is 2. The molecule has 0 spiro atoms. The van der Waals surface area contributed by atoms with E-state index < -0.39 is 16.9 Å². The Labute approximate surface area is 153 Å². The summed E-state index contributed by atoms with van der Waals surface area (Å²) in [6, 6.07) is 5.02. The zero-order valence-electron chi connectivity index (χ0n) is 15.5. The zero-order chi connectivity index (χ0) is 19.7. The van der Waals surface area contributed by atoms with Crippen LogP contribution in [0.1, 0.15) is 13.8 Å². The number of benzene rings is 1. The van der Waals surface area contributed by atoms with E-state index in [2.05, 4.69) is 9.97 Å². The summed E-state index contributed by atoms with van der Waals surface area (Å²) >= 11 is 0. The maximum absolute atomic E-state index is 13.0. The van der Waals surface area contributed by atoms with Crippen molar-refractivity contribution in [3.05, 3.63) is 49.5 Å². The van der Waals surface area contributed by atoms with Gasteiger partial charge in [-0.1, -0.05) is 0 Å². The molecule has 27 heavy (non-hydrogen) atoms. The smallest absolute Gasteiger partial charge is 0.347 e. The number of nitrogens with zero attached hydrogens (tertiary/aromatic N) is 3. The molecular weight excluding hydrogens is 352 g/mol. The Morgan fingerprint density at radius 3 is 2.26 bits per heavy atom. The van der Waals surface area contributed by atoms with Gasteiger partial charge in [0.15, 0.2) is 17.1 Å². The number of aromatic amines is 1. The van der Waals surface area contributed by atoms with Crippen LogP contribution >= 0.6 is 0 Å². The van der Waals surface area contributed by atoms with Gasteiger partial charge in [-0.05, 0) is 32.0 Å². The normalized spacial score (nSPS) is 11.0. The second-order valence-electron chi connectivity index (χ2n) is 5.76. The third kappa shape index (κ3) is 2.90. The number of H-pyrrole nitrogens is 1. The first-order valence-electron chi connectivity index (χ1n) is 8.46. The molecule has 0 unspecified atom stereocenters. The van der Waals surface area contributed by atoms with Gasteiger partial charge in [-0.15, -0.1) is 0 Å². The van der Waals surface area contributed by atoms with E-state index >= 15 is 0 Å². The SMILES string of the molecule is CCn1c(=O)c2c(-c3ccc(OC)c(OC)c3)[nH]c(=O)nc2n(CC)c1=O. The lowest BCUT2D eigenvalue weighted by molar-refractivity contribution is 0.355. The number of hydrogen-bond acceptors (Lipinski definition) is 6. The summed E-state index contributed by atoms with van der Waals surface area (Å²) in [5.74, 6) is 0.957. The van der Waals surface area contributed by atoms with Crippen molar-refractivity contribution < 1.29 is 9.47 Å². The van der Waals surface area contributed by atoms with Crippen molar-refractivity contribution in [2.75, 3.05) is 14.2 Å². The van der Waals surface area contributed by atoms with Crippen molar-refractivity contribution in [3.8, 4) is 22.8 Å². The molecule has 0 fully saturated rings. The monoisotopic (exact) mass is 372 g/mol. The minimum atomic E-state index is -0.650. The second-order valence-corrected chi connectivity index (χ2v) is 5.76. The van der Waals surface area contributed by atoms with E-state index in [9.17, 15) is 14.4 Å². The summed E-state index contributed by atoms with van der Waals surface area (Å²) in [5, 5.41) is 0.171. The number of aryl methyl sites for hydroxylation is 1. The van der Waals surface area contributed by atoms with Crippen LogP contribution in [-0.4, -0.2) is 33.3 Å². The molecule has 9 nitrogen and oxygen atoms in total. The molecule has 142 valence electrons. The average molecular weight is 372 g/mol. The van der Waals surface area contributed by atoms with E-state index in [1.165, 1.54) is 18.8 Å². The summed E-state index contributed by atoms with van der Waals surface area (Å²) < 4.78 is 13.0. The summed E-state index contributed by atoms with van der Waals surface area (Å²) in [6.45, 7) is 3.95. The van der Waals surface area contributed by atoms with Crippen LogP contribution in [0, 0.1) is 0 Å². The number of fused-ring (bicyclic) bond motifs is 1. The molecule has 0 bridgehead atoms. The Kier molecular flexibility index (Phi) is 4.85. The van der Waals surface area contributed by atoms with Crippen LogP contribution in [0.4, 0.5) is 0 Å². The van der Waals surface area contributed by atoms with Crippen LogP contribution in [0.3, 0.4) is 0 Å². The molecule has 2 heterocycles. The molecule has 0 atom stereocenters. The topological polar surface area (TPSA) is 108 Å². The zero-order valence-corrected chi connectivity index (χ0v) is 15.5. The second kappa shape index (κ2) is 7.10. The van der Waals surface area contributed by atoms with Gasteiger partial charge >= 0.3 is 11.4 Å². The van der Waals surface area contributed by atoms with Gasteiger partial charge in [0, 0.05) is 18.7 Å². The molecule has 1 aromatic carbocycles. The van der Waals surface area contributed by atoms with E-state index in [-0.39, 0.29) is 29.8 Å². The maximum atomic E-state index is 13.0. The third-order valence-electron chi connectivity index (χ3n) is 4.39. The Hall–Kier alpha value is -3.36. The maximum Gasteiger partial charge on any atom is 0.347 e. The van der Waals surface area contributed by atoms with Crippen LogP contribution in [-0.2, 0) is 13.1 Å². The Bertz CT molecular complexity index is 1190. The van der Waals surface area contributed by atoms with Gasteiger partial charge in [0.1, 0.15) is 5.39 Å². The van der Waals surface area contributed by atoms with E-state index in [1.54, 1.807) is 32.0 Å². The van der Waals surface area contributed by atoms with E-state index in [4.69, 9.17) is 9.47 Å².